The first-order valence-electron chi connectivity index (χ1n) is 7.51. The Labute approximate surface area is 120 Å². The number of nitrogens with zero attached hydrogens (tertiary/aromatic N) is 3. The molecule has 106 valence electrons. The van der Waals surface area contributed by atoms with Gasteiger partial charge in [0.05, 0.1) is 0 Å². The van der Waals surface area contributed by atoms with Gasteiger partial charge in [-0.1, -0.05) is 0 Å². The van der Waals surface area contributed by atoms with E-state index in [1.54, 1.807) is 0 Å². The van der Waals surface area contributed by atoms with E-state index < -0.39 is 0 Å². The van der Waals surface area contributed by atoms with Crippen LogP contribution in [0.5, 0.6) is 0 Å². The molecule has 0 unspecified atom stereocenters. The van der Waals surface area contributed by atoms with Crippen LogP contribution in [-0.4, -0.2) is 29.2 Å². The molecule has 0 atom stereocenters. The zero-order valence-electron chi connectivity index (χ0n) is 12.0. The maximum Gasteiger partial charge on any atom is 0.207 e. The molecule has 0 bridgehead atoms. The summed E-state index contributed by atoms with van der Waals surface area (Å²) < 4.78 is 2.09. The number of benzene rings is 1. The average molecular weight is 270 g/mol. The number of imidazole rings is 1. The van der Waals surface area contributed by atoms with Gasteiger partial charge in [0.15, 0.2) is 0 Å². The minimum absolute atomic E-state index is 0.878. The fourth-order valence-electron chi connectivity index (χ4n) is 2.78. The standard InChI is InChI=1S/C16H22N4/c1-2-17-16-18-10-13-20(16)15-8-6-14(7-9-15)19-11-4-3-5-12-19/h6-10,13H,2-5,11-12H2,1H3,(H,17,18). The topological polar surface area (TPSA) is 33.1 Å². The summed E-state index contributed by atoms with van der Waals surface area (Å²) in [5.74, 6) is 0.901. The van der Waals surface area contributed by atoms with Crippen molar-refractivity contribution in [3.8, 4) is 5.69 Å². The number of anilines is 2. The van der Waals surface area contributed by atoms with Crippen LogP contribution in [0.25, 0.3) is 5.69 Å². The highest BCUT2D eigenvalue weighted by Crippen LogP contribution is 2.22. The largest absolute Gasteiger partial charge is 0.372 e. The SMILES string of the molecule is CCNc1nccn1-c1ccc(N2CCCCC2)cc1. The molecule has 4 heteroatoms. The van der Waals surface area contributed by atoms with E-state index >= 15 is 0 Å². The van der Waals surface area contributed by atoms with Crippen molar-refractivity contribution in [1.29, 1.82) is 0 Å². The third kappa shape index (κ3) is 2.64. The lowest BCUT2D eigenvalue weighted by Crippen LogP contribution is -2.29. The van der Waals surface area contributed by atoms with Crippen LogP contribution in [0, 0.1) is 0 Å². The molecule has 1 aliphatic heterocycles. The van der Waals surface area contributed by atoms with Gasteiger partial charge in [-0.05, 0) is 50.5 Å². The third-order valence-corrected chi connectivity index (χ3v) is 3.82. The third-order valence-electron chi connectivity index (χ3n) is 3.82. The number of aromatic nitrogens is 2. The molecule has 1 aliphatic rings. The van der Waals surface area contributed by atoms with Crippen molar-refractivity contribution in [3.05, 3.63) is 36.7 Å². The maximum absolute atomic E-state index is 4.34. The van der Waals surface area contributed by atoms with Gasteiger partial charge >= 0.3 is 0 Å². The van der Waals surface area contributed by atoms with Crippen molar-refractivity contribution in [2.45, 2.75) is 26.2 Å². The Morgan fingerprint density at radius 3 is 2.45 bits per heavy atom. The van der Waals surface area contributed by atoms with Crippen molar-refractivity contribution in [2.24, 2.45) is 0 Å². The Bertz CT molecular complexity index is 538. The van der Waals surface area contributed by atoms with E-state index in [1.807, 2.05) is 12.4 Å². The maximum atomic E-state index is 4.34. The van der Waals surface area contributed by atoms with Gasteiger partial charge in [-0.2, -0.15) is 0 Å². The monoisotopic (exact) mass is 270 g/mol. The Morgan fingerprint density at radius 1 is 1.05 bits per heavy atom. The van der Waals surface area contributed by atoms with Crippen molar-refractivity contribution < 1.29 is 0 Å². The van der Waals surface area contributed by atoms with E-state index in [2.05, 4.69) is 51.0 Å². The molecule has 1 saturated heterocycles. The van der Waals surface area contributed by atoms with Crippen LogP contribution in [0.3, 0.4) is 0 Å². The van der Waals surface area contributed by atoms with Gasteiger partial charge in [0.2, 0.25) is 5.95 Å². The minimum atomic E-state index is 0.878. The van der Waals surface area contributed by atoms with Gasteiger partial charge in [0.25, 0.3) is 0 Å². The Hall–Kier alpha value is -1.97. The highest BCUT2D eigenvalue weighted by Gasteiger charge is 2.11. The lowest BCUT2D eigenvalue weighted by atomic mass is 10.1. The summed E-state index contributed by atoms with van der Waals surface area (Å²) in [4.78, 5) is 6.81. The summed E-state index contributed by atoms with van der Waals surface area (Å²) in [5.41, 5.74) is 2.48. The predicted molar refractivity (Wildman–Crippen MR) is 83.8 cm³/mol. The Balaban J connectivity index is 1.79. The van der Waals surface area contributed by atoms with E-state index in [4.69, 9.17) is 0 Å². The second-order valence-corrected chi connectivity index (χ2v) is 5.22. The molecule has 20 heavy (non-hydrogen) atoms. The molecule has 1 aromatic carbocycles. The highest BCUT2D eigenvalue weighted by molar-refractivity contribution is 5.53. The van der Waals surface area contributed by atoms with Gasteiger partial charge in [-0.3, -0.25) is 4.57 Å². The lowest BCUT2D eigenvalue weighted by molar-refractivity contribution is 0.578. The molecule has 4 nitrogen and oxygen atoms in total. The molecule has 0 spiro atoms. The molecule has 1 fully saturated rings. The number of nitrogens with one attached hydrogen (secondary N) is 1. The van der Waals surface area contributed by atoms with E-state index in [-0.39, 0.29) is 0 Å². The first-order chi connectivity index (χ1) is 9.88. The normalized spacial score (nSPS) is 15.3. The number of hydrogen-bond acceptors (Lipinski definition) is 3. The van der Waals surface area contributed by atoms with E-state index in [1.165, 1.54) is 38.0 Å². The Morgan fingerprint density at radius 2 is 1.75 bits per heavy atom. The molecule has 0 aliphatic carbocycles. The number of piperidine rings is 1. The van der Waals surface area contributed by atoms with Crippen LogP contribution in [0.15, 0.2) is 36.7 Å². The highest BCUT2D eigenvalue weighted by atomic mass is 15.2. The predicted octanol–water partition coefficient (Wildman–Crippen LogP) is 3.29. The zero-order valence-corrected chi connectivity index (χ0v) is 12.0. The lowest BCUT2D eigenvalue weighted by Gasteiger charge is -2.28. The van der Waals surface area contributed by atoms with Crippen molar-refractivity contribution in [2.75, 3.05) is 29.9 Å². The number of rotatable bonds is 4. The zero-order chi connectivity index (χ0) is 13.8. The van der Waals surface area contributed by atoms with Crippen molar-refractivity contribution in [3.63, 3.8) is 0 Å². The molecular weight excluding hydrogens is 248 g/mol. The smallest absolute Gasteiger partial charge is 0.207 e. The fourth-order valence-corrected chi connectivity index (χ4v) is 2.78. The molecule has 2 aromatic rings. The van der Waals surface area contributed by atoms with Gasteiger partial charge in [-0.15, -0.1) is 0 Å². The summed E-state index contributed by atoms with van der Waals surface area (Å²) in [7, 11) is 0. The van der Waals surface area contributed by atoms with Gasteiger partial charge < -0.3 is 10.2 Å². The molecular formula is C16H22N4. The van der Waals surface area contributed by atoms with Gasteiger partial charge in [-0.25, -0.2) is 4.98 Å². The van der Waals surface area contributed by atoms with Crippen molar-refractivity contribution >= 4 is 11.6 Å². The summed E-state index contributed by atoms with van der Waals surface area (Å²) in [6.45, 7) is 5.33. The summed E-state index contributed by atoms with van der Waals surface area (Å²) in [6, 6.07) is 8.78. The average Bonchev–Trinajstić information content (AvgIpc) is 2.97. The summed E-state index contributed by atoms with van der Waals surface area (Å²) in [5, 5.41) is 3.27. The van der Waals surface area contributed by atoms with Gasteiger partial charge in [0, 0.05) is 43.4 Å². The van der Waals surface area contributed by atoms with E-state index in [0.29, 0.717) is 0 Å². The quantitative estimate of drug-likeness (QED) is 0.925. The summed E-state index contributed by atoms with van der Waals surface area (Å²) in [6.07, 6.45) is 7.82. The number of hydrogen-bond donors (Lipinski definition) is 1. The molecule has 3 rings (SSSR count). The second-order valence-electron chi connectivity index (χ2n) is 5.22. The van der Waals surface area contributed by atoms with Crippen LogP contribution in [0.2, 0.25) is 0 Å². The van der Waals surface area contributed by atoms with Crippen LogP contribution in [0.4, 0.5) is 11.6 Å². The first-order valence-corrected chi connectivity index (χ1v) is 7.51. The van der Waals surface area contributed by atoms with Gasteiger partial charge in [0.1, 0.15) is 0 Å². The Kier molecular flexibility index (Phi) is 3.90. The minimum Gasteiger partial charge on any atom is -0.372 e. The van der Waals surface area contributed by atoms with E-state index in [0.717, 1.165) is 18.2 Å². The molecule has 2 heterocycles. The van der Waals surface area contributed by atoms with Crippen LogP contribution in [-0.2, 0) is 0 Å². The van der Waals surface area contributed by atoms with Crippen LogP contribution >= 0.6 is 0 Å². The second kappa shape index (κ2) is 5.99. The summed E-state index contributed by atoms with van der Waals surface area (Å²) >= 11 is 0. The molecule has 0 saturated carbocycles. The van der Waals surface area contributed by atoms with Crippen LogP contribution < -0.4 is 10.2 Å². The first kappa shape index (κ1) is 13.0. The van der Waals surface area contributed by atoms with Crippen LogP contribution in [0.1, 0.15) is 26.2 Å². The van der Waals surface area contributed by atoms with E-state index in [9.17, 15) is 0 Å². The molecule has 1 aromatic heterocycles. The molecule has 0 radical (unpaired) electrons. The molecule has 0 amide bonds. The fraction of sp³-hybridized carbons (Fsp3) is 0.438. The molecule has 1 N–H and O–H groups in total. The van der Waals surface area contributed by atoms with Crippen molar-refractivity contribution in [1.82, 2.24) is 9.55 Å².